The lowest BCUT2D eigenvalue weighted by Gasteiger charge is -2.53. The minimum atomic E-state index is -0.520. The highest BCUT2D eigenvalue weighted by Crippen LogP contribution is 2.60. The fraction of sp³-hybridized carbons (Fsp3) is 0.684. The van der Waals surface area contributed by atoms with Gasteiger partial charge in [-0.1, -0.05) is 27.7 Å². The van der Waals surface area contributed by atoms with E-state index in [9.17, 15) is 9.59 Å². The number of hydrogen-bond acceptors (Lipinski definition) is 4. The highest BCUT2D eigenvalue weighted by atomic mass is 35.5. The van der Waals surface area contributed by atoms with Crippen molar-refractivity contribution in [2.45, 2.75) is 58.9 Å². The lowest BCUT2D eigenvalue weighted by atomic mass is 9.53. The van der Waals surface area contributed by atoms with Crippen LogP contribution in [0.15, 0.2) is 10.7 Å². The van der Waals surface area contributed by atoms with Gasteiger partial charge in [-0.05, 0) is 31.2 Å². The lowest BCUT2D eigenvalue weighted by molar-refractivity contribution is -0.169. The van der Waals surface area contributed by atoms with E-state index in [4.69, 9.17) is 20.8 Å². The Bertz CT molecular complexity index is 677. The normalized spacial score (nSPS) is 35.5. The van der Waals surface area contributed by atoms with Gasteiger partial charge in [0.15, 0.2) is 5.76 Å². The summed E-state index contributed by atoms with van der Waals surface area (Å²) in [7, 11) is 0. The number of fused-ring (bicyclic) bond motifs is 2. The number of alkyl halides is 1. The first-order valence-electron chi connectivity index (χ1n) is 8.66. The summed E-state index contributed by atoms with van der Waals surface area (Å²) in [4.78, 5) is 25.4. The first-order chi connectivity index (χ1) is 11.2. The topological polar surface area (TPSA) is 56.5 Å². The molecular weight excluding hydrogens is 328 g/mol. The van der Waals surface area contributed by atoms with Crippen LogP contribution in [-0.2, 0) is 9.53 Å². The summed E-state index contributed by atoms with van der Waals surface area (Å²) >= 11 is 6.57. The molecule has 5 heteroatoms. The molecule has 0 unspecified atom stereocenters. The molecule has 0 saturated heterocycles. The zero-order valence-corrected chi connectivity index (χ0v) is 15.6. The van der Waals surface area contributed by atoms with Gasteiger partial charge in [-0.25, -0.2) is 0 Å². The number of aryl methyl sites for hydroxylation is 1. The summed E-state index contributed by atoms with van der Waals surface area (Å²) in [6, 6.07) is 0. The molecule has 1 saturated carbocycles. The van der Waals surface area contributed by atoms with Gasteiger partial charge in [-0.2, -0.15) is 0 Å². The van der Waals surface area contributed by atoms with Gasteiger partial charge in [0, 0.05) is 16.4 Å². The van der Waals surface area contributed by atoms with Gasteiger partial charge >= 0.3 is 5.97 Å². The molecule has 0 aromatic carbocycles. The molecule has 1 aromatic heterocycles. The zero-order valence-electron chi connectivity index (χ0n) is 14.9. The monoisotopic (exact) mass is 352 g/mol. The van der Waals surface area contributed by atoms with E-state index in [1.54, 1.807) is 6.26 Å². The molecule has 0 aliphatic heterocycles. The van der Waals surface area contributed by atoms with Crippen molar-refractivity contribution in [3.05, 3.63) is 23.2 Å². The molecule has 2 aliphatic rings. The molecule has 0 N–H and O–H groups in total. The molecule has 0 spiro atoms. The number of esters is 1. The molecule has 2 aliphatic carbocycles. The van der Waals surface area contributed by atoms with Gasteiger partial charge in [-0.3, -0.25) is 9.59 Å². The van der Waals surface area contributed by atoms with Crippen LogP contribution < -0.4 is 0 Å². The number of halogens is 1. The summed E-state index contributed by atoms with van der Waals surface area (Å²) < 4.78 is 11.5. The maximum absolute atomic E-state index is 13.1. The third kappa shape index (κ3) is 2.33. The maximum atomic E-state index is 13.1. The van der Waals surface area contributed by atoms with Crippen molar-refractivity contribution < 1.29 is 18.7 Å². The van der Waals surface area contributed by atoms with Gasteiger partial charge in [0.05, 0.1) is 18.1 Å². The van der Waals surface area contributed by atoms with Gasteiger partial charge in [0.1, 0.15) is 6.10 Å². The Kier molecular flexibility index (Phi) is 4.31. The van der Waals surface area contributed by atoms with Crippen LogP contribution in [0.5, 0.6) is 0 Å². The van der Waals surface area contributed by atoms with E-state index in [0.717, 1.165) is 24.0 Å². The van der Waals surface area contributed by atoms with Crippen LogP contribution in [0.3, 0.4) is 0 Å². The van der Waals surface area contributed by atoms with Crippen LogP contribution in [0.4, 0.5) is 0 Å². The second-order valence-electron chi connectivity index (χ2n) is 7.84. The summed E-state index contributed by atoms with van der Waals surface area (Å²) in [5.74, 6) is -0.407. The predicted molar refractivity (Wildman–Crippen MR) is 91.1 cm³/mol. The van der Waals surface area contributed by atoms with Crippen molar-refractivity contribution in [3.8, 4) is 0 Å². The molecule has 1 heterocycles. The average Bonchev–Trinajstić information content (AvgIpc) is 2.89. The van der Waals surface area contributed by atoms with Gasteiger partial charge in [0.2, 0.25) is 5.78 Å². The third-order valence-electron chi connectivity index (χ3n) is 6.03. The zero-order chi connectivity index (χ0) is 17.8. The molecule has 132 valence electrons. The van der Waals surface area contributed by atoms with Crippen molar-refractivity contribution in [3.63, 3.8) is 0 Å². The lowest BCUT2D eigenvalue weighted by Crippen LogP contribution is -2.54. The van der Waals surface area contributed by atoms with E-state index in [-0.39, 0.29) is 29.0 Å². The fourth-order valence-corrected chi connectivity index (χ4v) is 4.82. The van der Waals surface area contributed by atoms with Crippen LogP contribution in [0.1, 0.15) is 68.3 Å². The Morgan fingerprint density at radius 2 is 2.08 bits per heavy atom. The van der Waals surface area contributed by atoms with Crippen LogP contribution in [0, 0.1) is 30.1 Å². The highest BCUT2D eigenvalue weighted by molar-refractivity contribution is 6.23. The minimum Gasteiger partial charge on any atom is -0.460 e. The van der Waals surface area contributed by atoms with Crippen molar-refractivity contribution >= 4 is 23.4 Å². The molecule has 0 amide bonds. The smallest absolute Gasteiger partial charge is 0.309 e. The van der Waals surface area contributed by atoms with Crippen molar-refractivity contribution in [1.82, 2.24) is 0 Å². The molecule has 4 nitrogen and oxygen atoms in total. The first-order valence-corrected chi connectivity index (χ1v) is 9.10. The van der Waals surface area contributed by atoms with Crippen molar-refractivity contribution in [1.29, 1.82) is 0 Å². The Morgan fingerprint density at radius 1 is 1.42 bits per heavy atom. The molecule has 1 fully saturated rings. The van der Waals surface area contributed by atoms with E-state index in [0.29, 0.717) is 5.76 Å². The van der Waals surface area contributed by atoms with Crippen molar-refractivity contribution in [2.24, 2.45) is 23.2 Å². The van der Waals surface area contributed by atoms with Gasteiger partial charge in [-0.15, -0.1) is 11.6 Å². The second-order valence-corrected chi connectivity index (χ2v) is 8.40. The number of carbonyl (C=O) groups is 2. The van der Waals surface area contributed by atoms with Gasteiger partial charge < -0.3 is 9.15 Å². The number of hydrogen-bond donors (Lipinski definition) is 0. The molecule has 3 rings (SSSR count). The molecule has 24 heavy (non-hydrogen) atoms. The highest BCUT2D eigenvalue weighted by Gasteiger charge is 2.61. The summed E-state index contributed by atoms with van der Waals surface area (Å²) in [5, 5.41) is -0.266. The van der Waals surface area contributed by atoms with Crippen LogP contribution in [-0.4, -0.2) is 17.1 Å². The Morgan fingerprint density at radius 3 is 2.71 bits per heavy atom. The number of ketones is 1. The maximum Gasteiger partial charge on any atom is 0.309 e. The molecule has 0 bridgehead atoms. The predicted octanol–water partition coefficient (Wildman–Crippen LogP) is 4.68. The average molecular weight is 353 g/mol. The van der Waals surface area contributed by atoms with E-state index in [1.165, 1.54) is 0 Å². The number of rotatable bonds is 2. The largest absolute Gasteiger partial charge is 0.460 e. The van der Waals surface area contributed by atoms with Crippen LogP contribution in [0.2, 0.25) is 0 Å². The van der Waals surface area contributed by atoms with E-state index in [1.807, 2.05) is 27.7 Å². The molecule has 5 atom stereocenters. The molecular formula is C19H25ClO4. The quantitative estimate of drug-likeness (QED) is 0.572. The SMILES string of the molecule is Cc1coc2c1[C@@H](OC(=O)C(C)C)[C@@]1(C)[C@H](C2=O)[C@@H](Cl)CC[C@@H]1C. The number of ether oxygens (including phenoxy) is 1. The van der Waals surface area contributed by atoms with E-state index < -0.39 is 17.4 Å². The minimum absolute atomic E-state index is 0.0519. The number of carbonyl (C=O) groups excluding carboxylic acids is 2. The van der Waals surface area contributed by atoms with Crippen molar-refractivity contribution in [2.75, 3.05) is 0 Å². The van der Waals surface area contributed by atoms with Crippen LogP contribution in [0.25, 0.3) is 0 Å². The first kappa shape index (κ1) is 17.5. The summed E-state index contributed by atoms with van der Waals surface area (Å²) in [6.45, 7) is 9.69. The molecule has 0 radical (unpaired) electrons. The summed E-state index contributed by atoms with van der Waals surface area (Å²) in [6.07, 6.45) is 2.78. The Balaban J connectivity index is 2.18. The Hall–Kier alpha value is -1.29. The number of Topliss-reactive ketones (excluding diaryl/α,β-unsaturated/α-hetero) is 1. The number of furan rings is 1. The van der Waals surface area contributed by atoms with Crippen LogP contribution >= 0.6 is 11.6 Å². The standard InChI is InChI=1S/C19H25ClO4/c1-9(2)18(22)24-17-13-10(3)8-23-16(13)15(21)14-12(20)7-6-11(4)19(14,17)5/h8-9,11-12,14,17H,6-7H2,1-5H3/t11-,12-,14-,17+,19+/m0/s1. The second kappa shape index (κ2) is 5.91. The van der Waals surface area contributed by atoms with E-state index >= 15 is 0 Å². The third-order valence-corrected chi connectivity index (χ3v) is 6.50. The van der Waals surface area contributed by atoms with E-state index in [2.05, 4.69) is 6.92 Å². The Labute approximate surface area is 147 Å². The summed E-state index contributed by atoms with van der Waals surface area (Å²) in [5.41, 5.74) is 1.06. The fourth-order valence-electron chi connectivity index (χ4n) is 4.31. The van der Waals surface area contributed by atoms with Gasteiger partial charge in [0.25, 0.3) is 0 Å². The molecule has 1 aromatic rings.